The van der Waals surface area contributed by atoms with E-state index in [9.17, 15) is 0 Å². The van der Waals surface area contributed by atoms with E-state index in [0.717, 1.165) is 105 Å². The second-order valence-electron chi connectivity index (χ2n) is 14.5. The van der Waals surface area contributed by atoms with E-state index < -0.39 is 0 Å². The second kappa shape index (κ2) is 13.3. The van der Waals surface area contributed by atoms with E-state index in [4.69, 9.17) is 23.2 Å². The first-order valence-corrected chi connectivity index (χ1v) is 19.5. The number of fused-ring (bicyclic) bond motifs is 10. The van der Waals surface area contributed by atoms with Crippen LogP contribution in [0.2, 0.25) is 0 Å². The molecule has 0 N–H and O–H groups in total. The average molecular weight is 762 g/mol. The van der Waals surface area contributed by atoms with Crippen molar-refractivity contribution in [3.63, 3.8) is 0 Å². The van der Waals surface area contributed by atoms with Crippen molar-refractivity contribution in [1.29, 1.82) is 0 Å². The van der Waals surface area contributed by atoms with Crippen LogP contribution >= 0.6 is 0 Å². The number of hydrogen-bond acceptors (Lipinski definition) is 5. The molecule has 0 aliphatic carbocycles. The average Bonchev–Trinajstić information content (AvgIpc) is 4.04. The molecule has 0 aliphatic rings. The minimum Gasteiger partial charge on any atom is -0.456 e. The Morgan fingerprint density at radius 3 is 1.90 bits per heavy atom. The largest absolute Gasteiger partial charge is 0.456 e. The first-order chi connectivity index (χ1) is 29.1. The van der Waals surface area contributed by atoms with Gasteiger partial charge in [-0.1, -0.05) is 111 Å². The van der Waals surface area contributed by atoms with Crippen LogP contribution in [0.3, 0.4) is 0 Å². The minimum atomic E-state index is 0.572. The van der Waals surface area contributed by atoms with Gasteiger partial charge in [-0.2, -0.15) is 0 Å². The molecule has 6 heteroatoms. The molecule has 0 unspecified atom stereocenters. The summed E-state index contributed by atoms with van der Waals surface area (Å²) >= 11 is 0. The van der Waals surface area contributed by atoms with Crippen molar-refractivity contribution in [2.45, 2.75) is 6.92 Å². The Kier molecular flexibility index (Phi) is 7.75. The quantitative estimate of drug-likeness (QED) is 0.144. The minimum absolute atomic E-state index is 0.572. The molecule has 5 heterocycles. The molecule has 11 aromatic rings. The smallest absolute Gasteiger partial charge is 0.180 e. The van der Waals surface area contributed by atoms with Crippen molar-refractivity contribution >= 4 is 94.7 Å². The Hall–Kier alpha value is -7.96. The highest BCUT2D eigenvalue weighted by molar-refractivity contribution is 6.17. The topological polar surface area (TPSA) is 70.1 Å². The van der Waals surface area contributed by atoms with Gasteiger partial charge < -0.3 is 17.8 Å². The zero-order valence-electron chi connectivity index (χ0n) is 32.2. The Labute approximate surface area is 338 Å². The second-order valence-corrected chi connectivity index (χ2v) is 14.5. The van der Waals surface area contributed by atoms with Gasteiger partial charge in [0.25, 0.3) is 0 Å². The van der Waals surface area contributed by atoms with Crippen molar-refractivity contribution < 1.29 is 13.3 Å². The number of rotatable bonds is 8. The highest BCUT2D eigenvalue weighted by Crippen LogP contribution is 2.44. The highest BCUT2D eigenvalue weighted by Gasteiger charge is 2.24. The number of furan rings is 3. The maximum atomic E-state index is 6.79. The van der Waals surface area contributed by atoms with Gasteiger partial charge in [-0.15, -0.1) is 0 Å². The van der Waals surface area contributed by atoms with Crippen LogP contribution in [0.5, 0.6) is 0 Å². The van der Waals surface area contributed by atoms with Crippen LogP contribution in [0.1, 0.15) is 18.2 Å². The number of nitrogens with zero attached hydrogens (tertiary/aromatic N) is 3. The molecular formula is C53H35N3O3. The van der Waals surface area contributed by atoms with Crippen molar-refractivity contribution in [3.8, 4) is 33.8 Å². The molecule has 0 fully saturated rings. The summed E-state index contributed by atoms with van der Waals surface area (Å²) in [5.41, 5.74) is 13.7. The monoisotopic (exact) mass is 761 g/mol. The van der Waals surface area contributed by atoms with Gasteiger partial charge in [0.2, 0.25) is 0 Å². The maximum absolute atomic E-state index is 6.79. The SMILES string of the molecule is C=C/C=C(\C=C/C)n1c(C=C)c(C=C)c2cc(-c3ccc4oc5c(-c6cccc7oc8ccccc8c67)nc(-c6cccc7oc8ccccc8c67)nc5c4c3)ccc21. The molecule has 0 amide bonds. The number of hydrogen-bond donors (Lipinski definition) is 0. The first kappa shape index (κ1) is 34.3. The third-order valence-corrected chi connectivity index (χ3v) is 11.3. The molecular weight excluding hydrogens is 727 g/mol. The first-order valence-electron chi connectivity index (χ1n) is 19.5. The van der Waals surface area contributed by atoms with Gasteiger partial charge in [-0.25, -0.2) is 9.97 Å². The molecule has 6 aromatic carbocycles. The Morgan fingerprint density at radius 1 is 0.593 bits per heavy atom. The molecule has 0 atom stereocenters. The van der Waals surface area contributed by atoms with Gasteiger partial charge in [0, 0.05) is 54.7 Å². The Balaban J connectivity index is 1.18. The summed E-state index contributed by atoms with van der Waals surface area (Å²) in [4.78, 5) is 10.7. The van der Waals surface area contributed by atoms with Gasteiger partial charge in [0.05, 0.1) is 11.2 Å². The molecule has 6 nitrogen and oxygen atoms in total. The number of benzene rings is 6. The normalized spacial score (nSPS) is 12.4. The molecule has 0 radical (unpaired) electrons. The summed E-state index contributed by atoms with van der Waals surface area (Å²) in [5, 5.41) is 5.90. The van der Waals surface area contributed by atoms with Crippen molar-refractivity contribution in [1.82, 2.24) is 14.5 Å². The summed E-state index contributed by atoms with van der Waals surface area (Å²) < 4.78 is 21.7. The molecule has 0 bridgehead atoms. The molecule has 0 spiro atoms. The van der Waals surface area contributed by atoms with Gasteiger partial charge in [-0.3, -0.25) is 0 Å². The van der Waals surface area contributed by atoms with E-state index in [1.165, 1.54) is 0 Å². The van der Waals surface area contributed by atoms with E-state index in [1.807, 2.05) is 98.0 Å². The third-order valence-electron chi connectivity index (χ3n) is 11.3. The van der Waals surface area contributed by atoms with E-state index in [-0.39, 0.29) is 0 Å². The van der Waals surface area contributed by atoms with E-state index in [2.05, 4.69) is 85.0 Å². The fraction of sp³-hybridized carbons (Fsp3) is 0.0189. The van der Waals surface area contributed by atoms with Gasteiger partial charge >= 0.3 is 0 Å². The van der Waals surface area contributed by atoms with Crippen molar-refractivity contribution in [2.24, 2.45) is 0 Å². The number of allylic oxidation sites excluding steroid dienone is 5. The summed E-state index contributed by atoms with van der Waals surface area (Å²) in [7, 11) is 0. The fourth-order valence-electron chi connectivity index (χ4n) is 8.76. The van der Waals surface area contributed by atoms with Crippen LogP contribution < -0.4 is 0 Å². The standard InChI is InChI=1S/C53H35N3O3/c1-5-15-33(16-6-2)56-41(8-4)34(7-3)39-29-31(25-27-42(39)56)32-26-28-45-40(30-32)51-52(59-45)50(37-19-13-23-46-48(37)35-17-9-11-21-43(35)57-46)54-53(55-51)38-20-14-24-47-49(38)36-18-10-12-22-44(36)58-47/h5-30H,1,3-4H2,2H3/b16-6-,33-15+. The zero-order chi connectivity index (χ0) is 39.8. The van der Waals surface area contributed by atoms with Crippen molar-refractivity contribution in [3.05, 3.63) is 177 Å². The Bertz CT molecular complexity index is 3640. The number of aromatic nitrogens is 3. The summed E-state index contributed by atoms with van der Waals surface area (Å²) in [6.07, 6.45) is 11.7. The lowest BCUT2D eigenvalue weighted by molar-refractivity contribution is 0.667. The molecule has 0 aliphatic heterocycles. The van der Waals surface area contributed by atoms with Gasteiger partial charge in [0.15, 0.2) is 11.4 Å². The zero-order valence-corrected chi connectivity index (χ0v) is 32.2. The van der Waals surface area contributed by atoms with Crippen LogP contribution in [0, 0.1) is 0 Å². The third kappa shape index (κ3) is 5.13. The predicted molar refractivity (Wildman–Crippen MR) is 245 cm³/mol. The molecule has 5 aromatic heterocycles. The summed E-state index contributed by atoms with van der Waals surface area (Å²) in [6.45, 7) is 14.3. The lowest BCUT2D eigenvalue weighted by Gasteiger charge is -2.10. The van der Waals surface area contributed by atoms with Crippen LogP contribution in [0.15, 0.2) is 179 Å². The van der Waals surface area contributed by atoms with E-state index >= 15 is 0 Å². The fourth-order valence-corrected chi connectivity index (χ4v) is 8.76. The predicted octanol–water partition coefficient (Wildman–Crippen LogP) is 15.0. The molecule has 11 rings (SSSR count). The molecule has 59 heavy (non-hydrogen) atoms. The molecule has 0 saturated carbocycles. The molecule has 280 valence electrons. The van der Waals surface area contributed by atoms with Crippen LogP contribution in [0.4, 0.5) is 0 Å². The van der Waals surface area contributed by atoms with Crippen molar-refractivity contribution in [2.75, 3.05) is 0 Å². The highest BCUT2D eigenvalue weighted by atomic mass is 16.3. The van der Waals surface area contributed by atoms with Crippen LogP contribution in [-0.4, -0.2) is 14.5 Å². The lowest BCUT2D eigenvalue weighted by Crippen LogP contribution is -1.97. The molecule has 0 saturated heterocycles. The maximum Gasteiger partial charge on any atom is 0.180 e. The van der Waals surface area contributed by atoms with Crippen LogP contribution in [0.25, 0.3) is 128 Å². The van der Waals surface area contributed by atoms with Gasteiger partial charge in [0.1, 0.15) is 39.1 Å². The van der Waals surface area contributed by atoms with E-state index in [1.54, 1.807) is 6.08 Å². The Morgan fingerprint density at radius 2 is 1.22 bits per heavy atom. The van der Waals surface area contributed by atoms with E-state index in [0.29, 0.717) is 22.7 Å². The summed E-state index contributed by atoms with van der Waals surface area (Å²) in [6, 6.07) is 41.2. The lowest BCUT2D eigenvalue weighted by atomic mass is 9.99. The number of para-hydroxylation sites is 2. The van der Waals surface area contributed by atoms with Gasteiger partial charge in [-0.05, 0) is 84.8 Å². The summed E-state index contributed by atoms with van der Waals surface area (Å²) in [5.74, 6) is 0.572. The van der Waals surface area contributed by atoms with Crippen LogP contribution in [-0.2, 0) is 0 Å².